The van der Waals surface area contributed by atoms with E-state index < -0.39 is 11.8 Å². The van der Waals surface area contributed by atoms with Crippen LogP contribution in [0.1, 0.15) is 25.8 Å². The van der Waals surface area contributed by atoms with Crippen molar-refractivity contribution in [3.8, 4) is 17.2 Å². The predicted octanol–water partition coefficient (Wildman–Crippen LogP) is 3.03. The first-order valence-electron chi connectivity index (χ1n) is 7.94. The standard InChI is InChI=1S/C19H20O6/c1-19(2)24-14-7-5-6-13-17(14)15(25-19)9-11(18(13)23-4)8-12(20)10-16(21)22-3/h5-7,9H,8,10H2,1-4H3. The summed E-state index contributed by atoms with van der Waals surface area (Å²) in [6, 6.07) is 7.41. The lowest BCUT2D eigenvalue weighted by Crippen LogP contribution is -2.37. The van der Waals surface area contributed by atoms with E-state index in [0.29, 0.717) is 22.8 Å². The first kappa shape index (κ1) is 17.1. The van der Waals surface area contributed by atoms with Crippen LogP contribution in [0.15, 0.2) is 24.3 Å². The molecule has 0 saturated heterocycles. The number of esters is 1. The average Bonchev–Trinajstić information content (AvgIpc) is 2.53. The Morgan fingerprint density at radius 3 is 2.52 bits per heavy atom. The zero-order valence-corrected chi connectivity index (χ0v) is 14.7. The van der Waals surface area contributed by atoms with Crippen molar-refractivity contribution >= 4 is 22.5 Å². The van der Waals surface area contributed by atoms with Gasteiger partial charge in [-0.1, -0.05) is 12.1 Å². The summed E-state index contributed by atoms with van der Waals surface area (Å²) in [5.74, 6) is 0.283. The minimum Gasteiger partial charge on any atom is -0.496 e. The van der Waals surface area contributed by atoms with Gasteiger partial charge in [0.1, 0.15) is 29.5 Å². The van der Waals surface area contributed by atoms with Gasteiger partial charge in [-0.2, -0.15) is 0 Å². The van der Waals surface area contributed by atoms with Crippen molar-refractivity contribution in [3.63, 3.8) is 0 Å². The van der Waals surface area contributed by atoms with Gasteiger partial charge in [-0.05, 0) is 12.1 Å². The van der Waals surface area contributed by atoms with E-state index in [0.717, 1.165) is 10.8 Å². The zero-order valence-electron chi connectivity index (χ0n) is 14.7. The number of ether oxygens (including phenoxy) is 4. The molecular weight excluding hydrogens is 324 g/mol. The lowest BCUT2D eigenvalue weighted by atomic mass is 9.98. The second-order valence-electron chi connectivity index (χ2n) is 6.32. The fourth-order valence-electron chi connectivity index (χ4n) is 3.04. The summed E-state index contributed by atoms with van der Waals surface area (Å²) in [5, 5.41) is 1.61. The number of ketones is 1. The Labute approximate surface area is 145 Å². The van der Waals surface area contributed by atoms with Crippen LogP contribution >= 0.6 is 0 Å². The number of hydrogen-bond acceptors (Lipinski definition) is 6. The van der Waals surface area contributed by atoms with Crippen LogP contribution < -0.4 is 14.2 Å². The quantitative estimate of drug-likeness (QED) is 0.613. The minimum atomic E-state index is -0.816. The summed E-state index contributed by atoms with van der Waals surface area (Å²) in [6.45, 7) is 3.64. The van der Waals surface area contributed by atoms with E-state index in [9.17, 15) is 9.59 Å². The molecule has 0 amide bonds. The minimum absolute atomic E-state index is 0.0517. The Hall–Kier alpha value is -2.76. The molecule has 0 N–H and O–H groups in total. The van der Waals surface area contributed by atoms with Gasteiger partial charge in [0, 0.05) is 31.2 Å². The molecule has 0 bridgehead atoms. The zero-order chi connectivity index (χ0) is 18.2. The van der Waals surface area contributed by atoms with Gasteiger partial charge in [0.15, 0.2) is 0 Å². The van der Waals surface area contributed by atoms with Gasteiger partial charge in [-0.25, -0.2) is 0 Å². The predicted molar refractivity (Wildman–Crippen MR) is 91.2 cm³/mol. The smallest absolute Gasteiger partial charge is 0.313 e. The highest BCUT2D eigenvalue weighted by atomic mass is 16.7. The topological polar surface area (TPSA) is 71.1 Å². The van der Waals surface area contributed by atoms with Gasteiger partial charge in [-0.3, -0.25) is 9.59 Å². The van der Waals surface area contributed by atoms with Gasteiger partial charge in [0.05, 0.1) is 19.6 Å². The average molecular weight is 344 g/mol. The van der Waals surface area contributed by atoms with E-state index in [1.807, 2.05) is 32.0 Å². The summed E-state index contributed by atoms with van der Waals surface area (Å²) >= 11 is 0. The number of methoxy groups -OCH3 is 2. The molecule has 6 nitrogen and oxygen atoms in total. The van der Waals surface area contributed by atoms with Crippen LogP contribution in [-0.4, -0.2) is 31.8 Å². The maximum Gasteiger partial charge on any atom is 0.313 e. The van der Waals surface area contributed by atoms with Gasteiger partial charge < -0.3 is 18.9 Å². The summed E-state index contributed by atoms with van der Waals surface area (Å²) in [4.78, 5) is 23.5. The third kappa shape index (κ3) is 3.24. The number of benzene rings is 2. The van der Waals surface area contributed by atoms with Crippen LogP contribution in [0.25, 0.3) is 10.8 Å². The lowest BCUT2D eigenvalue weighted by molar-refractivity contribution is -0.143. The van der Waals surface area contributed by atoms with Crippen molar-refractivity contribution in [1.29, 1.82) is 0 Å². The van der Waals surface area contributed by atoms with E-state index in [1.54, 1.807) is 13.2 Å². The highest BCUT2D eigenvalue weighted by Crippen LogP contribution is 2.46. The molecule has 132 valence electrons. The molecule has 0 spiro atoms. The second-order valence-corrected chi connectivity index (χ2v) is 6.32. The monoisotopic (exact) mass is 344 g/mol. The largest absolute Gasteiger partial charge is 0.496 e. The van der Waals surface area contributed by atoms with Crippen molar-refractivity contribution in [2.45, 2.75) is 32.5 Å². The fraction of sp³-hybridized carbons (Fsp3) is 0.368. The van der Waals surface area contributed by atoms with Gasteiger partial charge in [0.2, 0.25) is 5.79 Å². The second kappa shape index (κ2) is 6.27. The van der Waals surface area contributed by atoms with Crippen LogP contribution in [0.3, 0.4) is 0 Å². The molecule has 0 saturated carbocycles. The molecule has 0 aliphatic carbocycles. The van der Waals surface area contributed by atoms with Crippen molar-refractivity contribution in [2.75, 3.05) is 14.2 Å². The molecule has 1 aliphatic rings. The van der Waals surface area contributed by atoms with E-state index in [-0.39, 0.29) is 18.6 Å². The molecule has 0 atom stereocenters. The Balaban J connectivity index is 2.08. The molecule has 2 aromatic rings. The molecule has 0 fully saturated rings. The molecule has 1 aliphatic heterocycles. The van der Waals surface area contributed by atoms with Gasteiger partial charge in [-0.15, -0.1) is 0 Å². The Morgan fingerprint density at radius 2 is 1.84 bits per heavy atom. The summed E-state index contributed by atoms with van der Waals surface area (Å²) in [7, 11) is 2.81. The van der Waals surface area contributed by atoms with Crippen LogP contribution in [0.2, 0.25) is 0 Å². The van der Waals surface area contributed by atoms with E-state index in [2.05, 4.69) is 4.74 Å². The number of Topliss-reactive ketones (excluding diaryl/α,β-unsaturated/α-hetero) is 1. The molecule has 25 heavy (non-hydrogen) atoms. The van der Waals surface area contributed by atoms with E-state index >= 15 is 0 Å². The van der Waals surface area contributed by atoms with Crippen molar-refractivity contribution < 1.29 is 28.5 Å². The van der Waals surface area contributed by atoms with Gasteiger partial charge in [0.25, 0.3) is 0 Å². The maximum absolute atomic E-state index is 12.2. The van der Waals surface area contributed by atoms with Crippen molar-refractivity contribution in [2.24, 2.45) is 0 Å². The molecule has 1 heterocycles. The molecule has 0 aromatic heterocycles. The van der Waals surface area contributed by atoms with E-state index in [4.69, 9.17) is 14.2 Å². The molecule has 2 aromatic carbocycles. The summed E-state index contributed by atoms with van der Waals surface area (Å²) < 4.78 is 21.9. The van der Waals surface area contributed by atoms with Crippen molar-refractivity contribution in [1.82, 2.24) is 0 Å². The van der Waals surface area contributed by atoms with Crippen LogP contribution in [0.4, 0.5) is 0 Å². The van der Waals surface area contributed by atoms with Crippen LogP contribution in [0.5, 0.6) is 17.2 Å². The van der Waals surface area contributed by atoms with Gasteiger partial charge >= 0.3 is 5.97 Å². The Kier molecular flexibility index (Phi) is 4.29. The summed E-state index contributed by atoms with van der Waals surface area (Å²) in [5.41, 5.74) is 0.661. The summed E-state index contributed by atoms with van der Waals surface area (Å²) in [6.07, 6.45) is -0.224. The van der Waals surface area contributed by atoms with E-state index in [1.165, 1.54) is 7.11 Å². The third-order valence-corrected chi connectivity index (χ3v) is 3.99. The van der Waals surface area contributed by atoms with Crippen LogP contribution in [-0.2, 0) is 20.7 Å². The highest BCUT2D eigenvalue weighted by Gasteiger charge is 2.31. The number of carbonyl (C=O) groups excluding carboxylic acids is 2. The molecule has 0 radical (unpaired) electrons. The Morgan fingerprint density at radius 1 is 1.12 bits per heavy atom. The highest BCUT2D eigenvalue weighted by molar-refractivity contribution is 6.02. The fourth-order valence-corrected chi connectivity index (χ4v) is 3.04. The molecule has 3 rings (SSSR count). The number of hydrogen-bond donors (Lipinski definition) is 0. The normalized spacial score (nSPS) is 14.4. The molecule has 6 heteroatoms. The maximum atomic E-state index is 12.2. The van der Waals surface area contributed by atoms with Crippen molar-refractivity contribution in [3.05, 3.63) is 29.8 Å². The first-order chi connectivity index (χ1) is 11.8. The lowest BCUT2D eigenvalue weighted by Gasteiger charge is -2.33. The van der Waals surface area contributed by atoms with Crippen LogP contribution in [0, 0.1) is 0 Å². The molecular formula is C19H20O6. The molecule has 0 unspecified atom stereocenters. The number of carbonyl (C=O) groups is 2. The SMILES string of the molecule is COC(=O)CC(=O)Cc1cc2c3c(cccc3c1OC)OC(C)(C)O2. The number of rotatable bonds is 5. The first-order valence-corrected chi connectivity index (χ1v) is 7.94. The third-order valence-electron chi connectivity index (χ3n) is 3.99. The Bertz CT molecular complexity index is 853.